The summed E-state index contributed by atoms with van der Waals surface area (Å²) in [6.45, 7) is 17.8. The van der Waals surface area contributed by atoms with E-state index in [1.807, 2.05) is 13.8 Å². The van der Waals surface area contributed by atoms with Crippen LogP contribution in [0.2, 0.25) is 0 Å². The summed E-state index contributed by atoms with van der Waals surface area (Å²) in [6, 6.07) is 0. The molecule has 0 rings (SSSR count). The second-order valence-electron chi connectivity index (χ2n) is 6.38. The molecule has 0 saturated heterocycles. The number of rotatable bonds is 10. The standard InChI is InChI=1S/C18H30O5/c1-9-17(7,11-13(3)21-15(5)19)23-18(8,10-2)12-14(4)22-16(6)20/h9-10,13-14H,1-2,11-12H2,3-8H3. The van der Waals surface area contributed by atoms with Gasteiger partial charge in [0, 0.05) is 26.7 Å². The van der Waals surface area contributed by atoms with Crippen LogP contribution in [-0.2, 0) is 23.8 Å². The Bertz CT molecular complexity index is 405. The van der Waals surface area contributed by atoms with E-state index < -0.39 is 11.2 Å². The van der Waals surface area contributed by atoms with Gasteiger partial charge in [-0.05, 0) is 27.7 Å². The van der Waals surface area contributed by atoms with Crippen molar-refractivity contribution in [1.29, 1.82) is 0 Å². The molecule has 0 aromatic heterocycles. The highest BCUT2D eigenvalue weighted by Gasteiger charge is 2.35. The molecule has 0 amide bonds. The van der Waals surface area contributed by atoms with Gasteiger partial charge in [0.25, 0.3) is 0 Å². The highest BCUT2D eigenvalue weighted by molar-refractivity contribution is 5.66. The zero-order chi connectivity index (χ0) is 18.3. The van der Waals surface area contributed by atoms with E-state index in [1.54, 1.807) is 26.0 Å². The van der Waals surface area contributed by atoms with Crippen LogP contribution in [0.1, 0.15) is 54.4 Å². The minimum Gasteiger partial charge on any atom is -0.463 e. The van der Waals surface area contributed by atoms with Gasteiger partial charge in [-0.25, -0.2) is 0 Å². The maximum Gasteiger partial charge on any atom is 0.302 e. The molecule has 5 nitrogen and oxygen atoms in total. The average molecular weight is 326 g/mol. The Morgan fingerprint density at radius 3 is 1.43 bits per heavy atom. The fraction of sp³-hybridized carbons (Fsp3) is 0.667. The third-order valence-electron chi connectivity index (χ3n) is 3.45. The predicted molar refractivity (Wildman–Crippen MR) is 90.0 cm³/mol. The number of ether oxygens (including phenoxy) is 3. The molecule has 0 radical (unpaired) electrons. The Balaban J connectivity index is 5.00. The van der Waals surface area contributed by atoms with Crippen LogP contribution in [-0.4, -0.2) is 35.3 Å². The van der Waals surface area contributed by atoms with Crippen molar-refractivity contribution in [2.45, 2.75) is 77.8 Å². The number of esters is 2. The molecule has 0 aliphatic heterocycles. The van der Waals surface area contributed by atoms with Crippen molar-refractivity contribution in [3.05, 3.63) is 25.3 Å². The Hall–Kier alpha value is -1.62. The number of hydrogen-bond acceptors (Lipinski definition) is 5. The summed E-state index contributed by atoms with van der Waals surface area (Å²) < 4.78 is 16.5. The smallest absolute Gasteiger partial charge is 0.302 e. The minimum atomic E-state index is -0.715. The normalized spacial score (nSPS) is 18.7. The molecule has 0 N–H and O–H groups in total. The topological polar surface area (TPSA) is 61.8 Å². The first kappa shape index (κ1) is 21.4. The van der Waals surface area contributed by atoms with Gasteiger partial charge in [-0.3, -0.25) is 9.59 Å². The molecule has 0 aliphatic carbocycles. The lowest BCUT2D eigenvalue weighted by molar-refractivity contribution is -0.156. The molecule has 0 aromatic carbocycles. The average Bonchev–Trinajstić information content (AvgIpc) is 2.35. The van der Waals surface area contributed by atoms with E-state index in [-0.39, 0.29) is 24.1 Å². The molecular formula is C18H30O5. The highest BCUT2D eigenvalue weighted by atomic mass is 16.6. The van der Waals surface area contributed by atoms with Crippen LogP contribution in [0.3, 0.4) is 0 Å². The van der Waals surface area contributed by atoms with Crippen molar-refractivity contribution >= 4 is 11.9 Å². The van der Waals surface area contributed by atoms with Gasteiger partial charge >= 0.3 is 11.9 Å². The number of hydrogen-bond donors (Lipinski definition) is 0. The molecule has 0 fully saturated rings. The molecule has 0 aliphatic rings. The second-order valence-corrected chi connectivity index (χ2v) is 6.38. The molecule has 0 aromatic rings. The van der Waals surface area contributed by atoms with Gasteiger partial charge in [-0.1, -0.05) is 12.2 Å². The lowest BCUT2D eigenvalue weighted by Gasteiger charge is -2.39. The zero-order valence-corrected chi connectivity index (χ0v) is 15.2. The molecule has 5 heteroatoms. The van der Waals surface area contributed by atoms with E-state index in [9.17, 15) is 9.59 Å². The Morgan fingerprint density at radius 1 is 0.913 bits per heavy atom. The third-order valence-corrected chi connectivity index (χ3v) is 3.45. The molecule has 0 bridgehead atoms. The van der Waals surface area contributed by atoms with Gasteiger partial charge < -0.3 is 14.2 Å². The van der Waals surface area contributed by atoms with Gasteiger partial charge in [0.2, 0.25) is 0 Å². The molecule has 4 atom stereocenters. The van der Waals surface area contributed by atoms with Crippen molar-refractivity contribution < 1.29 is 23.8 Å². The molecule has 23 heavy (non-hydrogen) atoms. The van der Waals surface area contributed by atoms with Gasteiger partial charge in [0.15, 0.2) is 0 Å². The van der Waals surface area contributed by atoms with E-state index in [0.717, 1.165) is 0 Å². The van der Waals surface area contributed by atoms with E-state index in [4.69, 9.17) is 14.2 Å². The first-order valence-electron chi connectivity index (χ1n) is 7.77. The molecule has 132 valence electrons. The van der Waals surface area contributed by atoms with Crippen LogP contribution in [0.5, 0.6) is 0 Å². The summed E-state index contributed by atoms with van der Waals surface area (Å²) in [5.41, 5.74) is -1.43. The van der Waals surface area contributed by atoms with Gasteiger partial charge in [-0.15, -0.1) is 13.2 Å². The summed E-state index contributed by atoms with van der Waals surface area (Å²) in [7, 11) is 0. The highest BCUT2D eigenvalue weighted by Crippen LogP contribution is 2.31. The first-order chi connectivity index (χ1) is 10.4. The van der Waals surface area contributed by atoms with Crippen molar-refractivity contribution in [2.24, 2.45) is 0 Å². The van der Waals surface area contributed by atoms with E-state index in [0.29, 0.717) is 12.8 Å². The Kier molecular flexibility index (Phi) is 8.24. The van der Waals surface area contributed by atoms with Crippen LogP contribution in [0, 0.1) is 0 Å². The number of carbonyl (C=O) groups is 2. The maximum atomic E-state index is 11.1. The van der Waals surface area contributed by atoms with Crippen LogP contribution >= 0.6 is 0 Å². The SMILES string of the molecule is C=CC(C)(CC(C)OC(C)=O)OC(C)(C=C)CC(C)OC(C)=O. The quantitative estimate of drug-likeness (QED) is 0.453. The predicted octanol–water partition coefficient (Wildman–Crippen LogP) is 3.58. The van der Waals surface area contributed by atoms with Crippen molar-refractivity contribution in [3.8, 4) is 0 Å². The monoisotopic (exact) mass is 326 g/mol. The molecular weight excluding hydrogens is 296 g/mol. The maximum absolute atomic E-state index is 11.1. The molecule has 0 spiro atoms. The van der Waals surface area contributed by atoms with Crippen LogP contribution in [0.25, 0.3) is 0 Å². The van der Waals surface area contributed by atoms with E-state index in [1.165, 1.54) is 13.8 Å². The van der Waals surface area contributed by atoms with Gasteiger partial charge in [0.1, 0.15) is 12.2 Å². The molecule has 0 saturated carbocycles. The number of carbonyl (C=O) groups excluding carboxylic acids is 2. The minimum absolute atomic E-state index is 0.310. The van der Waals surface area contributed by atoms with E-state index in [2.05, 4.69) is 13.2 Å². The first-order valence-corrected chi connectivity index (χ1v) is 7.77. The van der Waals surface area contributed by atoms with Gasteiger partial charge in [0.05, 0.1) is 11.2 Å². The fourth-order valence-electron chi connectivity index (χ4n) is 2.66. The molecule has 0 heterocycles. The summed E-state index contributed by atoms with van der Waals surface area (Å²) in [5.74, 6) is -0.669. The summed E-state index contributed by atoms with van der Waals surface area (Å²) in [6.07, 6.45) is 3.67. The van der Waals surface area contributed by atoms with E-state index >= 15 is 0 Å². The Labute approximate surface area is 139 Å². The van der Waals surface area contributed by atoms with Crippen molar-refractivity contribution in [2.75, 3.05) is 0 Å². The summed E-state index contributed by atoms with van der Waals surface area (Å²) in [5, 5.41) is 0. The second kappa shape index (κ2) is 8.87. The fourth-order valence-corrected chi connectivity index (χ4v) is 2.66. The Morgan fingerprint density at radius 2 is 1.22 bits per heavy atom. The summed E-state index contributed by atoms with van der Waals surface area (Å²) >= 11 is 0. The molecule has 4 unspecified atom stereocenters. The van der Waals surface area contributed by atoms with Crippen LogP contribution in [0.15, 0.2) is 25.3 Å². The summed E-state index contributed by atoms with van der Waals surface area (Å²) in [4.78, 5) is 22.1. The zero-order valence-electron chi connectivity index (χ0n) is 15.2. The van der Waals surface area contributed by atoms with Crippen LogP contribution < -0.4 is 0 Å². The van der Waals surface area contributed by atoms with Gasteiger partial charge in [-0.2, -0.15) is 0 Å². The van der Waals surface area contributed by atoms with Crippen molar-refractivity contribution in [3.63, 3.8) is 0 Å². The van der Waals surface area contributed by atoms with Crippen LogP contribution in [0.4, 0.5) is 0 Å². The lowest BCUT2D eigenvalue weighted by atomic mass is 9.93. The van der Waals surface area contributed by atoms with Crippen molar-refractivity contribution in [1.82, 2.24) is 0 Å². The third kappa shape index (κ3) is 8.55. The lowest BCUT2D eigenvalue weighted by Crippen LogP contribution is -2.42. The largest absolute Gasteiger partial charge is 0.463 e.